The monoisotopic (exact) mass is 454 g/mol. The van der Waals surface area contributed by atoms with Gasteiger partial charge in [0.05, 0.1) is 10.8 Å². The summed E-state index contributed by atoms with van der Waals surface area (Å²) in [5.74, 6) is -2.19. The van der Waals surface area contributed by atoms with E-state index in [-0.39, 0.29) is 36.9 Å². The maximum atomic E-state index is 13.1. The number of fused-ring (bicyclic) bond motifs is 1. The van der Waals surface area contributed by atoms with Crippen molar-refractivity contribution < 1.29 is 26.4 Å². The normalized spacial score (nSPS) is 22.0. The van der Waals surface area contributed by atoms with Gasteiger partial charge in [0, 0.05) is 32.1 Å². The maximum absolute atomic E-state index is 13.1. The van der Waals surface area contributed by atoms with Crippen LogP contribution in [-0.4, -0.2) is 55.9 Å². The molecule has 1 unspecified atom stereocenters. The first kappa shape index (κ1) is 22.1. The lowest BCUT2D eigenvalue weighted by Crippen LogP contribution is -2.49. The average Bonchev–Trinajstić information content (AvgIpc) is 2.78. The molecule has 0 aromatic heterocycles. The Labute approximate surface area is 179 Å². The molecule has 31 heavy (non-hydrogen) atoms. The van der Waals surface area contributed by atoms with E-state index in [9.17, 15) is 26.4 Å². The number of benzene rings is 2. The van der Waals surface area contributed by atoms with Crippen molar-refractivity contribution in [3.63, 3.8) is 0 Å². The van der Waals surface area contributed by atoms with Gasteiger partial charge >= 0.3 is 6.18 Å². The highest BCUT2D eigenvalue weighted by atomic mass is 32.2. The molecule has 0 bridgehead atoms. The first-order valence-corrected chi connectivity index (χ1v) is 11.9. The van der Waals surface area contributed by atoms with Crippen molar-refractivity contribution in [1.29, 1.82) is 0 Å². The molecule has 2 fully saturated rings. The Hall–Kier alpha value is -2.13. The molecule has 0 N–H and O–H groups in total. The molecule has 2 heterocycles. The minimum absolute atomic E-state index is 0.0513. The van der Waals surface area contributed by atoms with Crippen LogP contribution in [0.15, 0.2) is 47.4 Å². The highest BCUT2D eigenvalue weighted by Gasteiger charge is 2.44. The zero-order chi connectivity index (χ0) is 22.2. The molecule has 2 saturated heterocycles. The number of carbonyl (C=O) groups excluding carboxylic acids is 1. The molecular weight excluding hydrogens is 429 g/mol. The predicted octanol–water partition coefficient (Wildman–Crippen LogP) is 4.04. The number of amides is 1. The number of hydrogen-bond donors (Lipinski definition) is 0. The Morgan fingerprint density at radius 3 is 2.29 bits per heavy atom. The van der Waals surface area contributed by atoms with E-state index in [1.807, 2.05) is 24.3 Å². The Morgan fingerprint density at radius 2 is 1.61 bits per heavy atom. The fraction of sp³-hybridized carbons (Fsp3) is 0.500. The lowest BCUT2D eigenvalue weighted by molar-refractivity contribution is -0.188. The van der Waals surface area contributed by atoms with Crippen LogP contribution in [0.2, 0.25) is 0 Å². The van der Waals surface area contributed by atoms with Crippen LogP contribution in [0.25, 0.3) is 10.8 Å². The standard InChI is InChI=1S/C22H25F3N2O3S/c23-22(24,25)19-6-3-11-26(15-19)21(28)17-9-12-27(13-10-17)31(29,30)20-8-7-16-4-1-2-5-18(16)14-20/h1-2,4-5,7-8,14,17,19H,3,6,9-13,15H2. The van der Waals surface area contributed by atoms with Crippen molar-refractivity contribution >= 4 is 26.7 Å². The molecule has 9 heteroatoms. The number of hydrogen-bond acceptors (Lipinski definition) is 3. The van der Waals surface area contributed by atoms with Gasteiger partial charge in [-0.3, -0.25) is 4.79 Å². The number of carbonyl (C=O) groups is 1. The summed E-state index contributed by atoms with van der Waals surface area (Å²) in [6.07, 6.45) is -3.27. The van der Waals surface area contributed by atoms with Crippen LogP contribution in [0.1, 0.15) is 25.7 Å². The number of alkyl halides is 3. The SMILES string of the molecule is O=C(C1CCN(S(=O)(=O)c2ccc3ccccc3c2)CC1)N1CCCC(C(F)(F)F)C1. The van der Waals surface area contributed by atoms with Crippen LogP contribution in [0.3, 0.4) is 0 Å². The molecule has 4 rings (SSSR count). The van der Waals surface area contributed by atoms with E-state index in [1.54, 1.807) is 18.2 Å². The third kappa shape index (κ3) is 4.57. The van der Waals surface area contributed by atoms with Gasteiger partial charge in [0.1, 0.15) is 0 Å². The highest BCUT2D eigenvalue weighted by Crippen LogP contribution is 2.34. The Morgan fingerprint density at radius 1 is 0.935 bits per heavy atom. The predicted molar refractivity (Wildman–Crippen MR) is 111 cm³/mol. The van der Waals surface area contributed by atoms with Crippen molar-refractivity contribution in [2.45, 2.75) is 36.8 Å². The van der Waals surface area contributed by atoms with Gasteiger partial charge in [0.2, 0.25) is 15.9 Å². The Balaban J connectivity index is 1.41. The molecule has 2 aliphatic heterocycles. The summed E-state index contributed by atoms with van der Waals surface area (Å²) in [6.45, 7) is 0.406. The number of likely N-dealkylation sites (tertiary alicyclic amines) is 1. The fourth-order valence-electron chi connectivity index (χ4n) is 4.52. The van der Waals surface area contributed by atoms with E-state index in [1.165, 1.54) is 9.21 Å². The van der Waals surface area contributed by atoms with E-state index < -0.39 is 28.0 Å². The number of halogens is 3. The zero-order valence-corrected chi connectivity index (χ0v) is 17.8. The van der Waals surface area contributed by atoms with E-state index in [4.69, 9.17) is 0 Å². The lowest BCUT2D eigenvalue weighted by Gasteiger charge is -2.38. The smallest absolute Gasteiger partial charge is 0.342 e. The topological polar surface area (TPSA) is 57.7 Å². The van der Waals surface area contributed by atoms with Crippen LogP contribution >= 0.6 is 0 Å². The lowest BCUT2D eigenvalue weighted by atomic mass is 9.92. The van der Waals surface area contributed by atoms with Crippen molar-refractivity contribution in [1.82, 2.24) is 9.21 Å². The molecule has 168 valence electrons. The van der Waals surface area contributed by atoms with Crippen molar-refractivity contribution in [3.8, 4) is 0 Å². The molecule has 2 aromatic carbocycles. The largest absolute Gasteiger partial charge is 0.393 e. The van der Waals surface area contributed by atoms with Crippen molar-refractivity contribution in [2.24, 2.45) is 11.8 Å². The van der Waals surface area contributed by atoms with Crippen LogP contribution < -0.4 is 0 Å². The minimum Gasteiger partial charge on any atom is -0.342 e. The summed E-state index contributed by atoms with van der Waals surface area (Å²) in [5, 5.41) is 1.78. The molecule has 2 aromatic rings. The van der Waals surface area contributed by atoms with Gasteiger partial charge in [-0.1, -0.05) is 30.3 Å². The molecule has 5 nitrogen and oxygen atoms in total. The third-order valence-corrected chi connectivity index (χ3v) is 8.25. The van der Waals surface area contributed by atoms with E-state index in [0.717, 1.165) is 10.8 Å². The molecular formula is C22H25F3N2O3S. The van der Waals surface area contributed by atoms with Crippen LogP contribution in [0, 0.1) is 11.8 Å². The maximum Gasteiger partial charge on any atom is 0.393 e. The second-order valence-electron chi connectivity index (χ2n) is 8.35. The van der Waals surface area contributed by atoms with Gasteiger partial charge in [0.25, 0.3) is 0 Å². The average molecular weight is 455 g/mol. The highest BCUT2D eigenvalue weighted by molar-refractivity contribution is 7.89. The van der Waals surface area contributed by atoms with Gasteiger partial charge in [-0.2, -0.15) is 17.5 Å². The minimum atomic E-state index is -4.30. The Bertz CT molecular complexity index is 1060. The van der Waals surface area contributed by atoms with Crippen molar-refractivity contribution in [3.05, 3.63) is 42.5 Å². The van der Waals surface area contributed by atoms with Gasteiger partial charge in [-0.15, -0.1) is 0 Å². The van der Waals surface area contributed by atoms with Crippen LogP contribution in [0.4, 0.5) is 13.2 Å². The number of nitrogens with zero attached hydrogens (tertiary/aromatic N) is 2. The fourth-order valence-corrected chi connectivity index (χ4v) is 6.03. The van der Waals surface area contributed by atoms with Gasteiger partial charge in [0.15, 0.2) is 0 Å². The first-order chi connectivity index (χ1) is 14.7. The molecule has 0 saturated carbocycles. The molecule has 1 atom stereocenters. The van der Waals surface area contributed by atoms with Gasteiger partial charge in [-0.05, 0) is 48.6 Å². The zero-order valence-electron chi connectivity index (χ0n) is 17.0. The summed E-state index contributed by atoms with van der Waals surface area (Å²) in [4.78, 5) is 14.3. The van der Waals surface area contributed by atoms with Gasteiger partial charge < -0.3 is 4.90 Å². The van der Waals surface area contributed by atoms with E-state index in [0.29, 0.717) is 25.8 Å². The first-order valence-electron chi connectivity index (χ1n) is 10.5. The molecule has 0 radical (unpaired) electrons. The third-order valence-electron chi connectivity index (χ3n) is 6.36. The van der Waals surface area contributed by atoms with Crippen molar-refractivity contribution in [2.75, 3.05) is 26.2 Å². The Kier molecular flexibility index (Phi) is 6.00. The summed E-state index contributed by atoms with van der Waals surface area (Å²) >= 11 is 0. The quantitative estimate of drug-likeness (QED) is 0.703. The second kappa shape index (κ2) is 8.43. The van der Waals surface area contributed by atoms with E-state index in [2.05, 4.69) is 0 Å². The summed E-state index contributed by atoms with van der Waals surface area (Å²) in [6, 6.07) is 12.5. The number of piperidine rings is 2. The summed E-state index contributed by atoms with van der Waals surface area (Å²) in [7, 11) is -3.70. The second-order valence-corrected chi connectivity index (χ2v) is 10.3. The molecule has 0 spiro atoms. The van der Waals surface area contributed by atoms with Gasteiger partial charge in [-0.25, -0.2) is 8.42 Å². The molecule has 0 aliphatic carbocycles. The summed E-state index contributed by atoms with van der Waals surface area (Å²) < 4.78 is 66.7. The van der Waals surface area contributed by atoms with E-state index >= 15 is 0 Å². The number of sulfonamides is 1. The van der Waals surface area contributed by atoms with Crippen LogP contribution in [0.5, 0.6) is 0 Å². The molecule has 1 amide bonds. The molecule has 2 aliphatic rings. The number of rotatable bonds is 3. The van der Waals surface area contributed by atoms with Crippen LogP contribution in [-0.2, 0) is 14.8 Å². The summed E-state index contributed by atoms with van der Waals surface area (Å²) in [5.41, 5.74) is 0.